The fourth-order valence-corrected chi connectivity index (χ4v) is 3.66. The minimum Gasteiger partial charge on any atom is -0.507 e. The van der Waals surface area contributed by atoms with E-state index < -0.39 is 29.4 Å². The number of hydrogen-bond donors (Lipinski definition) is 1. The van der Waals surface area contributed by atoms with E-state index in [1.807, 2.05) is 0 Å². The summed E-state index contributed by atoms with van der Waals surface area (Å²) in [6.07, 6.45) is 0. The minimum atomic E-state index is -5.74. The molecule has 0 bridgehead atoms. The zero-order chi connectivity index (χ0) is 15.9. The van der Waals surface area contributed by atoms with Gasteiger partial charge in [-0.2, -0.15) is 21.6 Å². The Bertz CT molecular complexity index is 623. The molecule has 1 aromatic rings. The van der Waals surface area contributed by atoms with Crippen LogP contribution in [0.3, 0.4) is 0 Å². The van der Waals surface area contributed by atoms with Crippen LogP contribution >= 0.6 is 15.9 Å². The summed E-state index contributed by atoms with van der Waals surface area (Å²) in [4.78, 5) is 0. The summed E-state index contributed by atoms with van der Waals surface area (Å²) in [5.41, 5.74) is -5.51. The first-order chi connectivity index (χ1) is 8.75. The molecule has 0 aliphatic carbocycles. The van der Waals surface area contributed by atoms with Crippen LogP contribution in [-0.4, -0.2) is 27.1 Å². The predicted molar refractivity (Wildman–Crippen MR) is 74.4 cm³/mol. The van der Waals surface area contributed by atoms with Gasteiger partial charge in [0, 0.05) is 0 Å². The van der Waals surface area contributed by atoms with E-state index in [0.717, 1.165) is 6.07 Å². The maximum atomic E-state index is 12.4. The summed E-state index contributed by atoms with van der Waals surface area (Å²) in [5.74, 6) is -0.620. The fraction of sp³-hybridized carbons (Fsp3) is 0.400. The molecule has 10 heteroatoms. The normalized spacial score (nSPS) is 13.3. The van der Waals surface area contributed by atoms with Gasteiger partial charge in [-0.25, -0.2) is 0 Å². The van der Waals surface area contributed by atoms with Gasteiger partial charge in [0.1, 0.15) is 11.5 Å². The van der Waals surface area contributed by atoms with Gasteiger partial charge in [0.2, 0.25) is 0 Å². The lowest BCUT2D eigenvalue weighted by atomic mass is 10.3. The van der Waals surface area contributed by atoms with Gasteiger partial charge in [-0.1, -0.05) is 19.6 Å². The number of rotatable bonds is 3. The van der Waals surface area contributed by atoms with Gasteiger partial charge in [0.05, 0.1) is 12.5 Å². The second-order valence-electron chi connectivity index (χ2n) is 5.03. The molecule has 0 aliphatic heterocycles. The predicted octanol–water partition coefficient (Wildman–Crippen LogP) is 2.93. The maximum absolute atomic E-state index is 12.4. The molecule has 1 N–H and O–H groups in total. The van der Waals surface area contributed by atoms with Crippen molar-refractivity contribution in [2.24, 2.45) is 0 Å². The van der Waals surface area contributed by atoms with Crippen molar-refractivity contribution in [1.29, 1.82) is 0 Å². The summed E-state index contributed by atoms with van der Waals surface area (Å²) in [7, 11) is -7.97. The molecule has 0 saturated carbocycles. The van der Waals surface area contributed by atoms with Crippen LogP contribution in [0, 0.1) is 0 Å². The zero-order valence-corrected chi connectivity index (χ0v) is 14.1. The Kier molecular flexibility index (Phi) is 4.52. The summed E-state index contributed by atoms with van der Waals surface area (Å²) in [5, 5.41) is 9.86. The monoisotopic (exact) mass is 392 g/mol. The third-order valence-corrected chi connectivity index (χ3v) is 5.95. The van der Waals surface area contributed by atoms with E-state index in [0.29, 0.717) is 0 Å². The molecule has 0 aliphatic rings. The average Bonchev–Trinajstić information content (AvgIpc) is 2.19. The van der Waals surface area contributed by atoms with Crippen molar-refractivity contribution in [3.05, 3.63) is 16.6 Å². The molecule has 0 spiro atoms. The average molecular weight is 393 g/mol. The van der Waals surface area contributed by atoms with E-state index in [-0.39, 0.29) is 15.4 Å². The summed E-state index contributed by atoms with van der Waals surface area (Å²) in [6.45, 7) is 5.34. The molecule has 0 saturated heterocycles. The Labute approximate surface area is 123 Å². The molecular formula is C10H12BrF3O4SSi. The van der Waals surface area contributed by atoms with Crippen LogP contribution in [0.5, 0.6) is 11.5 Å². The molecule has 4 nitrogen and oxygen atoms in total. The van der Waals surface area contributed by atoms with Crippen LogP contribution in [0.1, 0.15) is 0 Å². The molecule has 1 aromatic carbocycles. The quantitative estimate of drug-likeness (QED) is 0.487. The molecular weight excluding hydrogens is 381 g/mol. The van der Waals surface area contributed by atoms with Gasteiger partial charge in [0.15, 0.2) is 0 Å². The van der Waals surface area contributed by atoms with Gasteiger partial charge in [-0.05, 0) is 33.2 Å². The van der Waals surface area contributed by atoms with Crippen molar-refractivity contribution in [2.45, 2.75) is 25.1 Å². The number of alkyl halides is 3. The first-order valence-electron chi connectivity index (χ1n) is 5.29. The van der Waals surface area contributed by atoms with Gasteiger partial charge in [-0.15, -0.1) is 0 Å². The molecule has 0 amide bonds. The van der Waals surface area contributed by atoms with E-state index in [2.05, 4.69) is 20.1 Å². The highest BCUT2D eigenvalue weighted by Gasteiger charge is 2.49. The SMILES string of the molecule is C[Si](C)(C)c1cc(O)c(Br)cc1OS(=O)(=O)C(F)(F)F. The minimum absolute atomic E-state index is 0.0480. The van der Waals surface area contributed by atoms with Crippen molar-refractivity contribution in [2.75, 3.05) is 0 Å². The standard InChI is InChI=1S/C10H12BrF3O4SSi/c1-20(2,3)9-5-7(15)6(11)4-8(9)18-19(16,17)10(12,13)14/h4-5,15H,1-3H3. The van der Waals surface area contributed by atoms with Crippen molar-refractivity contribution >= 4 is 39.3 Å². The van der Waals surface area contributed by atoms with E-state index >= 15 is 0 Å². The maximum Gasteiger partial charge on any atom is 0.534 e. The van der Waals surface area contributed by atoms with Gasteiger partial charge in [-0.3, -0.25) is 0 Å². The first kappa shape index (κ1) is 17.3. The molecule has 0 atom stereocenters. The smallest absolute Gasteiger partial charge is 0.507 e. The summed E-state index contributed by atoms with van der Waals surface area (Å²) in [6, 6.07) is 2.24. The first-order valence-corrected chi connectivity index (χ1v) is 11.0. The number of phenolic OH excluding ortho intramolecular Hbond substituents is 1. The van der Waals surface area contributed by atoms with Crippen molar-refractivity contribution < 1.29 is 30.9 Å². The molecule has 20 heavy (non-hydrogen) atoms. The second-order valence-corrected chi connectivity index (χ2v) is 12.5. The number of benzene rings is 1. The van der Waals surface area contributed by atoms with Crippen LogP contribution in [0.15, 0.2) is 16.6 Å². The van der Waals surface area contributed by atoms with E-state index in [9.17, 15) is 26.7 Å². The topological polar surface area (TPSA) is 63.6 Å². The molecule has 0 heterocycles. The van der Waals surface area contributed by atoms with E-state index in [1.54, 1.807) is 19.6 Å². The van der Waals surface area contributed by atoms with Gasteiger partial charge in [0.25, 0.3) is 0 Å². The fourth-order valence-electron chi connectivity index (χ4n) is 1.36. The molecule has 114 valence electrons. The summed E-state index contributed by atoms with van der Waals surface area (Å²) >= 11 is 2.91. The van der Waals surface area contributed by atoms with Gasteiger partial charge < -0.3 is 9.29 Å². The number of hydrogen-bond acceptors (Lipinski definition) is 4. The highest BCUT2D eigenvalue weighted by Crippen LogP contribution is 2.32. The van der Waals surface area contributed by atoms with Gasteiger partial charge >= 0.3 is 15.6 Å². The van der Waals surface area contributed by atoms with Crippen molar-refractivity contribution in [3.8, 4) is 11.5 Å². The highest BCUT2D eigenvalue weighted by molar-refractivity contribution is 9.10. The summed E-state index contributed by atoms with van der Waals surface area (Å²) < 4.78 is 63.5. The van der Waals surface area contributed by atoms with E-state index in [1.165, 1.54) is 6.07 Å². The molecule has 0 fully saturated rings. The van der Waals surface area contributed by atoms with Crippen LogP contribution in [0.25, 0.3) is 0 Å². The Hall–Kier alpha value is -0.743. The van der Waals surface area contributed by atoms with Crippen LogP contribution < -0.4 is 9.37 Å². The van der Waals surface area contributed by atoms with Crippen molar-refractivity contribution in [3.63, 3.8) is 0 Å². The lowest BCUT2D eigenvalue weighted by molar-refractivity contribution is -0.0499. The number of halogens is 4. The molecule has 1 rings (SSSR count). The highest BCUT2D eigenvalue weighted by atomic mass is 79.9. The molecule has 0 aromatic heterocycles. The van der Waals surface area contributed by atoms with E-state index in [4.69, 9.17) is 0 Å². The Morgan fingerprint density at radius 2 is 1.75 bits per heavy atom. The van der Waals surface area contributed by atoms with Crippen LogP contribution in [0.4, 0.5) is 13.2 Å². The lowest BCUT2D eigenvalue weighted by Crippen LogP contribution is -2.40. The number of phenols is 1. The largest absolute Gasteiger partial charge is 0.534 e. The second kappa shape index (κ2) is 5.23. The van der Waals surface area contributed by atoms with Crippen LogP contribution in [0.2, 0.25) is 19.6 Å². The van der Waals surface area contributed by atoms with Crippen LogP contribution in [-0.2, 0) is 10.1 Å². The Morgan fingerprint density at radius 3 is 2.15 bits per heavy atom. The van der Waals surface area contributed by atoms with Crippen molar-refractivity contribution in [1.82, 2.24) is 0 Å². The molecule has 0 radical (unpaired) electrons. The number of aromatic hydroxyl groups is 1. The Morgan fingerprint density at radius 1 is 1.25 bits per heavy atom. The zero-order valence-electron chi connectivity index (χ0n) is 10.7. The third kappa shape index (κ3) is 3.67. The molecule has 0 unspecified atom stereocenters. The third-order valence-electron chi connectivity index (χ3n) is 2.34. The Balaban J connectivity index is 3.43. The lowest BCUT2D eigenvalue weighted by Gasteiger charge is -2.21.